The van der Waals surface area contributed by atoms with Crippen LogP contribution in [0.25, 0.3) is 10.9 Å². The zero-order chi connectivity index (χ0) is 14.2. The molecule has 1 heterocycles. The number of benzene rings is 1. The lowest BCUT2D eigenvalue weighted by atomic mass is 9.75. The van der Waals surface area contributed by atoms with Crippen molar-refractivity contribution in [1.82, 2.24) is 9.97 Å². The molecule has 1 aliphatic carbocycles. The summed E-state index contributed by atoms with van der Waals surface area (Å²) >= 11 is 6.02. The Morgan fingerprint density at radius 1 is 1.15 bits per heavy atom. The number of nitrogens with zero attached hydrogens (tertiary/aromatic N) is 2. The molecule has 0 radical (unpaired) electrons. The average Bonchev–Trinajstić information content (AvgIpc) is 2.41. The molecule has 0 aliphatic heterocycles. The van der Waals surface area contributed by atoms with Crippen LogP contribution < -0.4 is 5.32 Å². The summed E-state index contributed by atoms with van der Waals surface area (Å²) in [7, 11) is 0. The number of hydrogen-bond donors (Lipinski definition) is 1. The molecule has 0 atom stereocenters. The van der Waals surface area contributed by atoms with Crippen molar-refractivity contribution in [2.24, 2.45) is 5.41 Å². The van der Waals surface area contributed by atoms with Gasteiger partial charge in [0.15, 0.2) is 0 Å². The van der Waals surface area contributed by atoms with Gasteiger partial charge in [0.2, 0.25) is 5.28 Å². The van der Waals surface area contributed by atoms with E-state index in [2.05, 4.69) is 29.1 Å². The van der Waals surface area contributed by atoms with E-state index < -0.39 is 0 Å². The van der Waals surface area contributed by atoms with Crippen LogP contribution in [0.3, 0.4) is 0 Å². The summed E-state index contributed by atoms with van der Waals surface area (Å²) in [5.74, 6) is 0.866. The molecule has 1 aromatic carbocycles. The molecule has 1 aliphatic rings. The number of para-hydroxylation sites is 1. The predicted octanol–water partition coefficient (Wildman–Crippen LogP) is 4.66. The minimum atomic E-state index is 0.308. The highest BCUT2D eigenvalue weighted by Gasteiger charge is 2.27. The molecule has 1 fully saturated rings. The van der Waals surface area contributed by atoms with Crippen LogP contribution in [-0.4, -0.2) is 16.0 Å². The SMILES string of the molecule is CC1(C)CCC(Nc2nc(Cl)nc3ccccc23)CC1. The zero-order valence-corrected chi connectivity index (χ0v) is 12.7. The van der Waals surface area contributed by atoms with Crippen LogP contribution in [0, 0.1) is 5.41 Å². The lowest BCUT2D eigenvalue weighted by Gasteiger charge is -2.35. The molecule has 106 valence electrons. The molecule has 0 unspecified atom stereocenters. The molecule has 20 heavy (non-hydrogen) atoms. The normalized spacial score (nSPS) is 19.1. The highest BCUT2D eigenvalue weighted by Crippen LogP contribution is 2.36. The lowest BCUT2D eigenvalue weighted by molar-refractivity contribution is 0.232. The third kappa shape index (κ3) is 2.88. The second-order valence-electron chi connectivity index (χ2n) is 6.44. The first-order valence-corrected chi connectivity index (χ1v) is 7.60. The maximum Gasteiger partial charge on any atom is 0.224 e. The standard InChI is InChI=1S/C16H20ClN3/c1-16(2)9-7-11(8-10-16)18-14-12-5-3-4-6-13(12)19-15(17)20-14/h3-6,11H,7-10H2,1-2H3,(H,18,19,20). The Labute approximate surface area is 124 Å². The first-order chi connectivity index (χ1) is 9.53. The maximum absolute atomic E-state index is 6.02. The minimum Gasteiger partial charge on any atom is -0.367 e. The molecule has 3 nitrogen and oxygen atoms in total. The number of aromatic nitrogens is 2. The van der Waals surface area contributed by atoms with Crippen LogP contribution in [-0.2, 0) is 0 Å². The van der Waals surface area contributed by atoms with Gasteiger partial charge in [0.1, 0.15) is 5.82 Å². The van der Waals surface area contributed by atoms with E-state index in [0.29, 0.717) is 16.7 Å². The van der Waals surface area contributed by atoms with Gasteiger partial charge in [-0.15, -0.1) is 0 Å². The number of anilines is 1. The zero-order valence-electron chi connectivity index (χ0n) is 12.0. The summed E-state index contributed by atoms with van der Waals surface area (Å²) in [5, 5.41) is 4.92. The van der Waals surface area contributed by atoms with E-state index in [4.69, 9.17) is 11.6 Å². The second kappa shape index (κ2) is 5.21. The van der Waals surface area contributed by atoms with Crippen molar-refractivity contribution in [1.29, 1.82) is 0 Å². The van der Waals surface area contributed by atoms with E-state index in [1.807, 2.05) is 24.3 Å². The molecule has 2 aromatic rings. The summed E-state index contributed by atoms with van der Waals surface area (Å²) in [6.07, 6.45) is 4.87. The van der Waals surface area contributed by atoms with Gasteiger partial charge in [-0.3, -0.25) is 0 Å². The molecule has 0 spiro atoms. The number of halogens is 1. The fourth-order valence-corrected chi connectivity index (χ4v) is 3.07. The Morgan fingerprint density at radius 2 is 1.85 bits per heavy atom. The van der Waals surface area contributed by atoms with Crippen molar-refractivity contribution < 1.29 is 0 Å². The smallest absolute Gasteiger partial charge is 0.224 e. The van der Waals surface area contributed by atoms with Gasteiger partial charge < -0.3 is 5.32 Å². The highest BCUT2D eigenvalue weighted by molar-refractivity contribution is 6.28. The molecule has 0 amide bonds. The van der Waals surface area contributed by atoms with Crippen molar-refractivity contribution in [3.63, 3.8) is 0 Å². The van der Waals surface area contributed by atoms with Crippen molar-refractivity contribution in [2.45, 2.75) is 45.6 Å². The van der Waals surface area contributed by atoms with Gasteiger partial charge in [-0.1, -0.05) is 26.0 Å². The van der Waals surface area contributed by atoms with Crippen LogP contribution in [0.15, 0.2) is 24.3 Å². The molecule has 1 aromatic heterocycles. The molecule has 0 saturated heterocycles. The van der Waals surface area contributed by atoms with Gasteiger partial charge in [-0.2, -0.15) is 0 Å². The van der Waals surface area contributed by atoms with Crippen LogP contribution in [0.4, 0.5) is 5.82 Å². The topological polar surface area (TPSA) is 37.8 Å². The molecule has 3 rings (SSSR count). The Kier molecular flexibility index (Phi) is 3.55. The molecule has 4 heteroatoms. The molecule has 1 N–H and O–H groups in total. The Hall–Kier alpha value is -1.35. The first-order valence-electron chi connectivity index (χ1n) is 7.22. The largest absolute Gasteiger partial charge is 0.367 e. The average molecular weight is 290 g/mol. The van der Waals surface area contributed by atoms with Crippen LogP contribution >= 0.6 is 11.6 Å². The van der Waals surface area contributed by atoms with Gasteiger partial charge in [0.25, 0.3) is 0 Å². The lowest BCUT2D eigenvalue weighted by Crippen LogP contribution is -2.30. The summed E-state index contributed by atoms with van der Waals surface area (Å²) in [6.45, 7) is 4.69. The number of rotatable bonds is 2. The van der Waals surface area contributed by atoms with Gasteiger partial charge in [0, 0.05) is 11.4 Å². The Bertz CT molecular complexity index is 614. The van der Waals surface area contributed by atoms with Crippen LogP contribution in [0.2, 0.25) is 5.28 Å². The van der Waals surface area contributed by atoms with Gasteiger partial charge in [0.05, 0.1) is 5.52 Å². The fraction of sp³-hybridized carbons (Fsp3) is 0.500. The minimum absolute atomic E-state index is 0.308. The monoisotopic (exact) mass is 289 g/mol. The quantitative estimate of drug-likeness (QED) is 0.817. The second-order valence-corrected chi connectivity index (χ2v) is 6.78. The van der Waals surface area contributed by atoms with E-state index in [0.717, 1.165) is 16.7 Å². The number of fused-ring (bicyclic) bond motifs is 1. The fourth-order valence-electron chi connectivity index (χ4n) is 2.90. The van der Waals surface area contributed by atoms with Crippen molar-refractivity contribution in [3.8, 4) is 0 Å². The molecule has 1 saturated carbocycles. The van der Waals surface area contributed by atoms with Gasteiger partial charge in [-0.05, 0) is 54.8 Å². The van der Waals surface area contributed by atoms with Gasteiger partial charge in [-0.25, -0.2) is 9.97 Å². The Balaban J connectivity index is 1.84. The first kappa shape index (κ1) is 13.6. The number of hydrogen-bond acceptors (Lipinski definition) is 3. The summed E-state index contributed by atoms with van der Waals surface area (Å²) in [4.78, 5) is 8.64. The number of nitrogens with one attached hydrogen (secondary N) is 1. The predicted molar refractivity (Wildman–Crippen MR) is 84.2 cm³/mol. The van der Waals surface area contributed by atoms with Crippen molar-refractivity contribution in [3.05, 3.63) is 29.5 Å². The summed E-state index contributed by atoms with van der Waals surface area (Å²) in [6, 6.07) is 8.48. The summed E-state index contributed by atoms with van der Waals surface area (Å²) in [5.41, 5.74) is 1.37. The van der Waals surface area contributed by atoms with E-state index in [1.165, 1.54) is 25.7 Å². The Morgan fingerprint density at radius 3 is 2.60 bits per heavy atom. The van der Waals surface area contributed by atoms with Crippen molar-refractivity contribution >= 4 is 28.3 Å². The van der Waals surface area contributed by atoms with Gasteiger partial charge >= 0.3 is 0 Å². The van der Waals surface area contributed by atoms with E-state index >= 15 is 0 Å². The molecular weight excluding hydrogens is 270 g/mol. The molecule has 0 bridgehead atoms. The third-order valence-electron chi connectivity index (χ3n) is 4.26. The van der Waals surface area contributed by atoms with Crippen molar-refractivity contribution in [2.75, 3.05) is 5.32 Å². The van der Waals surface area contributed by atoms with E-state index in [1.54, 1.807) is 0 Å². The maximum atomic E-state index is 6.02. The molecular formula is C16H20ClN3. The van der Waals surface area contributed by atoms with E-state index in [9.17, 15) is 0 Å². The summed E-state index contributed by atoms with van der Waals surface area (Å²) < 4.78 is 0. The van der Waals surface area contributed by atoms with Crippen LogP contribution in [0.1, 0.15) is 39.5 Å². The highest BCUT2D eigenvalue weighted by atomic mass is 35.5. The third-order valence-corrected chi connectivity index (χ3v) is 4.42. The van der Waals surface area contributed by atoms with Crippen LogP contribution in [0.5, 0.6) is 0 Å². The van der Waals surface area contributed by atoms with E-state index in [-0.39, 0.29) is 0 Å².